The van der Waals surface area contributed by atoms with E-state index in [0.29, 0.717) is 0 Å². The number of fused-ring (bicyclic) bond motifs is 3. The van der Waals surface area contributed by atoms with Gasteiger partial charge in [0.1, 0.15) is 12.1 Å². The average Bonchev–Trinajstić information content (AvgIpc) is 3.11. The quantitative estimate of drug-likeness (QED) is 0.887. The van der Waals surface area contributed by atoms with Crippen molar-refractivity contribution >= 4 is 5.82 Å². The predicted octanol–water partition coefficient (Wildman–Crippen LogP) is 2.81. The normalized spacial score (nSPS) is 32.8. The third-order valence-electron chi connectivity index (χ3n) is 5.29. The molecular formula is C15H21N3. The fourth-order valence-electron chi connectivity index (χ4n) is 4.37. The van der Waals surface area contributed by atoms with Crippen LogP contribution in [0.5, 0.6) is 0 Å². The highest BCUT2D eigenvalue weighted by molar-refractivity contribution is 5.47. The van der Waals surface area contributed by atoms with Crippen LogP contribution in [0.25, 0.3) is 0 Å². The van der Waals surface area contributed by atoms with Crippen molar-refractivity contribution < 1.29 is 0 Å². The molecule has 0 saturated heterocycles. The lowest BCUT2D eigenvalue weighted by Gasteiger charge is -2.22. The van der Waals surface area contributed by atoms with Crippen LogP contribution in [-0.2, 0) is 12.8 Å². The molecule has 0 aliphatic heterocycles. The van der Waals surface area contributed by atoms with E-state index in [9.17, 15) is 0 Å². The molecule has 0 radical (unpaired) electrons. The van der Waals surface area contributed by atoms with Crippen LogP contribution < -0.4 is 5.32 Å². The number of aromatic nitrogens is 2. The zero-order valence-electron chi connectivity index (χ0n) is 10.9. The van der Waals surface area contributed by atoms with Crippen LogP contribution in [0.1, 0.15) is 43.4 Å². The molecule has 3 heteroatoms. The first-order valence-electron chi connectivity index (χ1n) is 7.47. The van der Waals surface area contributed by atoms with Gasteiger partial charge < -0.3 is 5.32 Å². The Hall–Kier alpha value is -1.12. The van der Waals surface area contributed by atoms with E-state index in [0.717, 1.165) is 43.0 Å². The van der Waals surface area contributed by atoms with Gasteiger partial charge >= 0.3 is 0 Å². The molecule has 2 bridgehead atoms. The zero-order chi connectivity index (χ0) is 11.9. The molecule has 1 N–H and O–H groups in total. The van der Waals surface area contributed by atoms with Gasteiger partial charge in [0.2, 0.25) is 0 Å². The van der Waals surface area contributed by atoms with Crippen molar-refractivity contribution in [1.82, 2.24) is 9.97 Å². The third-order valence-corrected chi connectivity index (χ3v) is 5.29. The van der Waals surface area contributed by atoms with Gasteiger partial charge in [0.25, 0.3) is 0 Å². The number of rotatable bonds is 3. The lowest BCUT2D eigenvalue weighted by Crippen LogP contribution is -2.21. The largest absolute Gasteiger partial charge is 0.369 e. The summed E-state index contributed by atoms with van der Waals surface area (Å²) in [7, 11) is 0. The van der Waals surface area contributed by atoms with Gasteiger partial charge in [-0.2, -0.15) is 0 Å². The second-order valence-electron chi connectivity index (χ2n) is 6.32. The lowest BCUT2D eigenvalue weighted by molar-refractivity contribution is 0.348. The van der Waals surface area contributed by atoms with Crippen LogP contribution in [0.4, 0.5) is 5.82 Å². The van der Waals surface area contributed by atoms with E-state index >= 15 is 0 Å². The number of nitrogens with zero attached hydrogens (tertiary/aromatic N) is 2. The molecule has 3 nitrogen and oxygen atoms in total. The minimum Gasteiger partial charge on any atom is -0.369 e. The Morgan fingerprint density at radius 3 is 3.00 bits per heavy atom. The molecule has 96 valence electrons. The fraction of sp³-hybridized carbons (Fsp3) is 0.733. The molecule has 3 aliphatic rings. The highest BCUT2D eigenvalue weighted by atomic mass is 15.0. The second kappa shape index (κ2) is 4.22. The Morgan fingerprint density at radius 1 is 1.17 bits per heavy atom. The molecule has 3 aliphatic carbocycles. The third kappa shape index (κ3) is 1.72. The predicted molar refractivity (Wildman–Crippen MR) is 71.5 cm³/mol. The van der Waals surface area contributed by atoms with E-state index in [2.05, 4.69) is 15.3 Å². The summed E-state index contributed by atoms with van der Waals surface area (Å²) < 4.78 is 0. The minimum atomic E-state index is 0.899. The summed E-state index contributed by atoms with van der Waals surface area (Å²) in [4.78, 5) is 8.84. The summed E-state index contributed by atoms with van der Waals surface area (Å²) >= 11 is 0. The molecule has 2 fully saturated rings. The van der Waals surface area contributed by atoms with Crippen molar-refractivity contribution in [1.29, 1.82) is 0 Å². The van der Waals surface area contributed by atoms with Crippen molar-refractivity contribution in [2.45, 2.75) is 44.9 Å². The molecule has 2 saturated carbocycles. The number of hydrogen-bond donors (Lipinski definition) is 1. The van der Waals surface area contributed by atoms with Crippen LogP contribution in [-0.4, -0.2) is 16.5 Å². The van der Waals surface area contributed by atoms with Crippen LogP contribution >= 0.6 is 0 Å². The van der Waals surface area contributed by atoms with Gasteiger partial charge in [-0.15, -0.1) is 0 Å². The summed E-state index contributed by atoms with van der Waals surface area (Å²) in [5.41, 5.74) is 2.67. The maximum absolute atomic E-state index is 4.45. The maximum Gasteiger partial charge on any atom is 0.132 e. The van der Waals surface area contributed by atoms with E-state index in [1.807, 2.05) is 0 Å². The topological polar surface area (TPSA) is 37.8 Å². The van der Waals surface area contributed by atoms with E-state index < -0.39 is 0 Å². The lowest BCUT2D eigenvalue weighted by atomic mass is 9.89. The van der Waals surface area contributed by atoms with E-state index in [-0.39, 0.29) is 0 Å². The number of anilines is 1. The Labute approximate surface area is 108 Å². The average molecular weight is 243 g/mol. The summed E-state index contributed by atoms with van der Waals surface area (Å²) in [6, 6.07) is 0. The number of aryl methyl sites for hydroxylation is 1. The molecule has 1 aromatic heterocycles. The van der Waals surface area contributed by atoms with Crippen LogP contribution in [0.3, 0.4) is 0 Å². The summed E-state index contributed by atoms with van der Waals surface area (Å²) in [5, 5.41) is 3.62. The van der Waals surface area contributed by atoms with E-state index in [4.69, 9.17) is 0 Å². The number of hydrogen-bond acceptors (Lipinski definition) is 3. The van der Waals surface area contributed by atoms with Gasteiger partial charge in [-0.25, -0.2) is 9.97 Å². The van der Waals surface area contributed by atoms with Crippen molar-refractivity contribution in [3.05, 3.63) is 17.6 Å². The van der Waals surface area contributed by atoms with Gasteiger partial charge in [0.05, 0.1) is 0 Å². The van der Waals surface area contributed by atoms with Gasteiger partial charge in [-0.05, 0) is 56.3 Å². The molecule has 0 spiro atoms. The molecule has 1 aromatic rings. The van der Waals surface area contributed by atoms with Crippen molar-refractivity contribution in [2.24, 2.45) is 17.8 Å². The Balaban J connectivity index is 1.45. The first kappa shape index (κ1) is 10.8. The molecule has 1 heterocycles. The van der Waals surface area contributed by atoms with Crippen LogP contribution in [0, 0.1) is 17.8 Å². The molecular weight excluding hydrogens is 222 g/mol. The molecule has 0 aromatic carbocycles. The second-order valence-corrected chi connectivity index (χ2v) is 6.32. The number of nitrogens with one attached hydrogen (secondary N) is 1. The highest BCUT2D eigenvalue weighted by Gasteiger charge is 2.39. The van der Waals surface area contributed by atoms with Gasteiger partial charge in [-0.3, -0.25) is 0 Å². The van der Waals surface area contributed by atoms with E-state index in [1.54, 1.807) is 6.33 Å². The Bertz CT molecular complexity index is 457. The van der Waals surface area contributed by atoms with E-state index in [1.165, 1.54) is 43.4 Å². The Kier molecular flexibility index (Phi) is 2.52. The minimum absolute atomic E-state index is 0.899. The highest BCUT2D eigenvalue weighted by Crippen LogP contribution is 2.48. The smallest absolute Gasteiger partial charge is 0.132 e. The van der Waals surface area contributed by atoms with Crippen molar-refractivity contribution in [3.63, 3.8) is 0 Å². The summed E-state index contributed by atoms with van der Waals surface area (Å²) in [6.07, 6.45) is 11.2. The van der Waals surface area contributed by atoms with Gasteiger partial charge in [0.15, 0.2) is 0 Å². The molecule has 0 amide bonds. The first-order chi connectivity index (χ1) is 8.90. The monoisotopic (exact) mass is 243 g/mol. The van der Waals surface area contributed by atoms with Gasteiger partial charge in [0, 0.05) is 17.8 Å². The standard InChI is InChI=1S/C15H21N3/c1-2-13-14(3-1)17-9-18-15(13)16-8-12-7-10-4-5-11(12)6-10/h9-12H,1-8H2,(H,16,17,18). The summed E-state index contributed by atoms with van der Waals surface area (Å²) in [5.74, 6) is 4.06. The summed E-state index contributed by atoms with van der Waals surface area (Å²) in [6.45, 7) is 1.13. The van der Waals surface area contributed by atoms with Crippen LogP contribution in [0.2, 0.25) is 0 Å². The first-order valence-corrected chi connectivity index (χ1v) is 7.47. The van der Waals surface area contributed by atoms with Crippen molar-refractivity contribution in [3.8, 4) is 0 Å². The Morgan fingerprint density at radius 2 is 2.17 bits per heavy atom. The van der Waals surface area contributed by atoms with Crippen molar-refractivity contribution in [2.75, 3.05) is 11.9 Å². The maximum atomic E-state index is 4.45. The SMILES string of the molecule is c1nc2c(c(NCC3CC4CCC3C4)n1)CCC2. The van der Waals surface area contributed by atoms with Gasteiger partial charge in [-0.1, -0.05) is 6.42 Å². The zero-order valence-corrected chi connectivity index (χ0v) is 10.9. The fourth-order valence-corrected chi connectivity index (χ4v) is 4.37. The molecule has 3 unspecified atom stereocenters. The molecule has 18 heavy (non-hydrogen) atoms. The molecule has 4 rings (SSSR count). The molecule has 3 atom stereocenters. The van der Waals surface area contributed by atoms with Crippen LogP contribution in [0.15, 0.2) is 6.33 Å².